The van der Waals surface area contributed by atoms with Gasteiger partial charge in [0.1, 0.15) is 0 Å². The topological polar surface area (TPSA) is 57.5 Å². The molecule has 4 aliphatic carbocycles. The lowest BCUT2D eigenvalue weighted by molar-refractivity contribution is -0.138. The van der Waals surface area contributed by atoms with Crippen LogP contribution < -0.4 is 0 Å². The summed E-state index contributed by atoms with van der Waals surface area (Å²) in [4.78, 5) is 11.0. The maximum absolute atomic E-state index is 11.0. The third-order valence-electron chi connectivity index (χ3n) is 10.2. The maximum Gasteiger partial charge on any atom is 0.303 e. The van der Waals surface area contributed by atoms with Gasteiger partial charge in [-0.3, -0.25) is 4.79 Å². The molecule has 0 aromatic carbocycles. The van der Waals surface area contributed by atoms with Crippen LogP contribution in [0.1, 0.15) is 91.4 Å². The predicted molar refractivity (Wildman–Crippen MR) is 107 cm³/mol. The van der Waals surface area contributed by atoms with Crippen LogP contribution in [0.3, 0.4) is 0 Å². The largest absolute Gasteiger partial charge is 0.481 e. The van der Waals surface area contributed by atoms with E-state index in [1.165, 1.54) is 44.9 Å². The Morgan fingerprint density at radius 1 is 1.00 bits per heavy atom. The van der Waals surface area contributed by atoms with E-state index in [9.17, 15) is 9.90 Å². The average Bonchev–Trinajstić information content (AvgIpc) is 2.97. The highest BCUT2D eigenvalue weighted by Crippen LogP contribution is 2.68. The summed E-state index contributed by atoms with van der Waals surface area (Å²) in [6.45, 7) is 7.43. The van der Waals surface area contributed by atoms with E-state index in [0.717, 1.165) is 42.9 Å². The minimum absolute atomic E-state index is 0.0561. The number of hydrogen-bond donors (Lipinski definition) is 2. The van der Waals surface area contributed by atoms with Crippen LogP contribution in [0.25, 0.3) is 0 Å². The van der Waals surface area contributed by atoms with Crippen LogP contribution in [-0.4, -0.2) is 22.3 Å². The lowest BCUT2D eigenvalue weighted by Gasteiger charge is -2.61. The number of hydrogen-bond acceptors (Lipinski definition) is 2. The predicted octanol–water partition coefficient (Wildman–Crippen LogP) is 5.51. The van der Waals surface area contributed by atoms with Crippen molar-refractivity contribution in [3.8, 4) is 0 Å². The summed E-state index contributed by atoms with van der Waals surface area (Å²) in [6, 6.07) is 0. The van der Waals surface area contributed by atoms with E-state index in [2.05, 4.69) is 20.8 Å². The number of aliphatic hydroxyl groups is 1. The van der Waals surface area contributed by atoms with Crippen molar-refractivity contribution in [2.24, 2.45) is 46.3 Å². The first kappa shape index (κ1) is 19.7. The first-order valence-corrected chi connectivity index (χ1v) is 11.7. The van der Waals surface area contributed by atoms with Crippen molar-refractivity contribution in [2.75, 3.05) is 0 Å². The molecular weight excluding hydrogens is 336 g/mol. The third kappa shape index (κ3) is 3.16. The number of aliphatic hydroxyl groups excluding tert-OH is 1. The molecule has 2 unspecified atom stereocenters. The van der Waals surface area contributed by atoms with Crippen molar-refractivity contribution in [1.29, 1.82) is 0 Å². The molecule has 27 heavy (non-hydrogen) atoms. The van der Waals surface area contributed by atoms with Gasteiger partial charge in [-0.25, -0.2) is 0 Å². The molecular formula is C24H40O3. The summed E-state index contributed by atoms with van der Waals surface area (Å²) < 4.78 is 0. The van der Waals surface area contributed by atoms with Crippen LogP contribution in [0.15, 0.2) is 0 Å². The van der Waals surface area contributed by atoms with Gasteiger partial charge in [-0.2, -0.15) is 0 Å². The van der Waals surface area contributed by atoms with Crippen LogP contribution in [-0.2, 0) is 4.79 Å². The lowest BCUT2D eigenvalue weighted by atomic mass is 9.44. The highest BCUT2D eigenvalue weighted by atomic mass is 16.4. The fourth-order valence-corrected chi connectivity index (χ4v) is 8.76. The Morgan fingerprint density at radius 3 is 2.44 bits per heavy atom. The van der Waals surface area contributed by atoms with Crippen LogP contribution >= 0.6 is 0 Å². The average molecular weight is 377 g/mol. The Balaban J connectivity index is 1.51. The third-order valence-corrected chi connectivity index (χ3v) is 10.2. The molecule has 2 N–H and O–H groups in total. The van der Waals surface area contributed by atoms with Gasteiger partial charge in [-0.15, -0.1) is 0 Å². The van der Waals surface area contributed by atoms with Gasteiger partial charge in [0.2, 0.25) is 0 Å². The van der Waals surface area contributed by atoms with Crippen LogP contribution in [0.4, 0.5) is 0 Å². The van der Waals surface area contributed by atoms with Gasteiger partial charge in [0.05, 0.1) is 6.10 Å². The van der Waals surface area contributed by atoms with Crippen molar-refractivity contribution >= 4 is 5.97 Å². The highest BCUT2D eigenvalue weighted by molar-refractivity contribution is 5.66. The Hall–Kier alpha value is -0.570. The molecule has 4 fully saturated rings. The summed E-state index contributed by atoms with van der Waals surface area (Å²) in [5.41, 5.74) is 0.882. The summed E-state index contributed by atoms with van der Waals surface area (Å²) >= 11 is 0. The molecule has 0 heterocycles. The van der Waals surface area contributed by atoms with Gasteiger partial charge < -0.3 is 10.2 Å². The van der Waals surface area contributed by atoms with Crippen LogP contribution in [0, 0.1) is 46.3 Å². The second-order valence-corrected chi connectivity index (χ2v) is 11.2. The molecule has 4 saturated carbocycles. The van der Waals surface area contributed by atoms with Gasteiger partial charge in [-0.1, -0.05) is 20.8 Å². The zero-order chi connectivity index (χ0) is 19.4. The van der Waals surface area contributed by atoms with E-state index >= 15 is 0 Å². The van der Waals surface area contributed by atoms with Gasteiger partial charge in [0.15, 0.2) is 0 Å². The first-order chi connectivity index (χ1) is 12.8. The summed E-state index contributed by atoms with van der Waals surface area (Å²) in [5, 5.41) is 19.3. The van der Waals surface area contributed by atoms with Crippen molar-refractivity contribution in [2.45, 2.75) is 97.5 Å². The molecule has 0 aromatic heterocycles. The molecule has 0 saturated heterocycles. The minimum atomic E-state index is -0.643. The summed E-state index contributed by atoms with van der Waals surface area (Å²) in [7, 11) is 0. The summed E-state index contributed by atoms with van der Waals surface area (Å²) in [5.74, 6) is 3.91. The molecule has 9 atom stereocenters. The monoisotopic (exact) mass is 376 g/mol. The molecule has 3 heteroatoms. The number of fused-ring (bicyclic) bond motifs is 5. The standard InChI is InChI=1S/C24H40O3/c1-15(4-9-22(26)27)19-7-8-20-18-6-5-16-14-17(25)10-12-23(16,2)21(18)11-13-24(19,20)3/h15-21,25H,4-14H2,1-3H3,(H,26,27)/t15-,16?,17-,18+,19-,20?,21+,23+,24-/m1/s1. The van der Waals surface area contributed by atoms with Crippen molar-refractivity contribution in [1.82, 2.24) is 0 Å². The number of carboxylic acids is 1. The SMILES string of the molecule is C[C@H](CCC(=O)O)[C@H]1CCC2[C@@H]3CCC4C[C@H](O)CC[C@]4(C)[C@H]3CC[C@@]21C. The van der Waals surface area contributed by atoms with Crippen molar-refractivity contribution in [3.63, 3.8) is 0 Å². The van der Waals surface area contributed by atoms with Gasteiger partial charge in [0.25, 0.3) is 0 Å². The molecule has 0 aliphatic heterocycles. The minimum Gasteiger partial charge on any atom is -0.481 e. The fraction of sp³-hybridized carbons (Fsp3) is 0.958. The number of carboxylic acid groups (broad SMARTS) is 1. The van der Waals surface area contributed by atoms with Crippen LogP contribution in [0.2, 0.25) is 0 Å². The van der Waals surface area contributed by atoms with E-state index in [1.807, 2.05) is 0 Å². The molecule has 0 bridgehead atoms. The van der Waals surface area contributed by atoms with E-state index in [1.54, 1.807) is 0 Å². The zero-order valence-corrected chi connectivity index (χ0v) is 17.6. The molecule has 0 amide bonds. The molecule has 4 rings (SSSR count). The highest BCUT2D eigenvalue weighted by Gasteiger charge is 2.60. The van der Waals surface area contributed by atoms with E-state index in [-0.39, 0.29) is 6.10 Å². The number of rotatable bonds is 4. The smallest absolute Gasteiger partial charge is 0.303 e. The molecule has 0 radical (unpaired) electrons. The van der Waals surface area contributed by atoms with Gasteiger partial charge in [-0.05, 0) is 111 Å². The fourth-order valence-electron chi connectivity index (χ4n) is 8.76. The van der Waals surface area contributed by atoms with E-state index < -0.39 is 5.97 Å². The molecule has 3 nitrogen and oxygen atoms in total. The first-order valence-electron chi connectivity index (χ1n) is 11.7. The molecule has 154 valence electrons. The Kier molecular flexibility index (Phi) is 5.15. The second kappa shape index (κ2) is 7.04. The molecule has 4 aliphatic rings. The lowest BCUT2D eigenvalue weighted by Crippen LogP contribution is -2.54. The van der Waals surface area contributed by atoms with Gasteiger partial charge >= 0.3 is 5.97 Å². The molecule has 0 aromatic rings. The normalized spacial score (nSPS) is 50.4. The quantitative estimate of drug-likeness (QED) is 0.680. The molecule has 0 spiro atoms. The van der Waals surface area contributed by atoms with E-state index in [0.29, 0.717) is 29.1 Å². The Bertz CT molecular complexity index is 574. The zero-order valence-electron chi connectivity index (χ0n) is 17.6. The number of carbonyl (C=O) groups is 1. The Morgan fingerprint density at radius 2 is 1.70 bits per heavy atom. The summed E-state index contributed by atoms with van der Waals surface area (Å²) in [6.07, 6.45) is 12.4. The van der Waals surface area contributed by atoms with E-state index in [4.69, 9.17) is 5.11 Å². The van der Waals surface area contributed by atoms with Gasteiger partial charge in [0, 0.05) is 6.42 Å². The Labute approximate surface area is 165 Å². The van der Waals surface area contributed by atoms with Crippen molar-refractivity contribution < 1.29 is 15.0 Å². The maximum atomic E-state index is 11.0. The van der Waals surface area contributed by atoms with Crippen LogP contribution in [0.5, 0.6) is 0 Å². The van der Waals surface area contributed by atoms with Crippen molar-refractivity contribution in [3.05, 3.63) is 0 Å². The second-order valence-electron chi connectivity index (χ2n) is 11.2. The number of aliphatic carboxylic acids is 1.